The Hall–Kier alpha value is -6.22. The van der Waals surface area contributed by atoms with E-state index in [1.807, 2.05) is 0 Å². The van der Waals surface area contributed by atoms with Crippen LogP contribution >= 0.6 is 0 Å². The van der Waals surface area contributed by atoms with Gasteiger partial charge in [-0.3, -0.25) is 48.7 Å². The highest BCUT2D eigenvalue weighted by Gasteiger charge is 2.28. The molecule has 0 rings (SSSR count). The van der Waals surface area contributed by atoms with Gasteiger partial charge in [0.15, 0.2) is 23.8 Å². The molecule has 1 atom stereocenters. The summed E-state index contributed by atoms with van der Waals surface area (Å²) in [7, 11) is 0. The van der Waals surface area contributed by atoms with Crippen molar-refractivity contribution in [1.82, 2.24) is 30.2 Å². The molecule has 372 valence electrons. The molecule has 0 aliphatic rings. The third-order valence-electron chi connectivity index (χ3n) is 9.46. The minimum Gasteiger partial charge on any atom is -0.370 e. The summed E-state index contributed by atoms with van der Waals surface area (Å²) in [6.45, 7) is 0.535. The summed E-state index contributed by atoms with van der Waals surface area (Å²) < 4.78 is 0. The van der Waals surface area contributed by atoms with Gasteiger partial charge in [0.2, 0.25) is 35.4 Å². The maximum atomic E-state index is 14.2. The number of guanidine groups is 4. The average Bonchev–Trinajstić information content (AvgIpc) is 3.23. The molecule has 6 amide bonds. The van der Waals surface area contributed by atoms with Gasteiger partial charge in [0, 0.05) is 52.4 Å². The van der Waals surface area contributed by atoms with Gasteiger partial charge in [-0.05, 0) is 77.4 Å². The summed E-state index contributed by atoms with van der Waals surface area (Å²) in [5.41, 5.74) is 60.5. The van der Waals surface area contributed by atoms with Gasteiger partial charge in [0.25, 0.3) is 0 Å². The predicted molar refractivity (Wildman–Crippen MR) is 252 cm³/mol. The first kappa shape index (κ1) is 58.8. The highest BCUT2D eigenvalue weighted by molar-refractivity contribution is 5.92. The molecule has 0 radical (unpaired) electrons. The summed E-state index contributed by atoms with van der Waals surface area (Å²) in [6.07, 6.45) is 5.90. The second-order valence-corrected chi connectivity index (χ2v) is 15.1. The van der Waals surface area contributed by atoms with Crippen molar-refractivity contribution in [1.29, 1.82) is 0 Å². The fourth-order valence-electron chi connectivity index (χ4n) is 6.07. The summed E-state index contributed by atoms with van der Waals surface area (Å²) in [5, 5.41) is 5.68. The first-order valence-electron chi connectivity index (χ1n) is 21.9. The van der Waals surface area contributed by atoms with Gasteiger partial charge >= 0.3 is 0 Å². The topological polar surface area (TPSA) is 475 Å². The van der Waals surface area contributed by atoms with Gasteiger partial charge in [-0.2, -0.15) is 0 Å². The van der Waals surface area contributed by atoms with E-state index < -0.39 is 55.2 Å². The van der Waals surface area contributed by atoms with Crippen molar-refractivity contribution in [2.45, 2.75) is 76.7 Å². The third kappa shape index (κ3) is 31.3. The molecule has 0 aliphatic heterocycles. The molecular weight excluding hydrogens is 847 g/mol. The molecule has 0 unspecified atom stereocenters. The van der Waals surface area contributed by atoms with E-state index in [2.05, 4.69) is 30.6 Å². The molecule has 0 aromatic rings. The summed E-state index contributed by atoms with van der Waals surface area (Å²) >= 11 is 0. The fourth-order valence-corrected chi connectivity index (χ4v) is 6.07. The van der Waals surface area contributed by atoms with Crippen LogP contribution in [0, 0.1) is 0 Å². The SMILES string of the molecule is NCCCCCCNCC(=O)N(CCCN=C(N)N)CC(=O)N(CCCN=C(N)N)CC(=O)N(CCCCN)CC(=O)N(CCCN=C(N)N)CC(=O)N[C@H](CCCN=C(N)N)C(N)=O. The van der Waals surface area contributed by atoms with E-state index in [0.29, 0.717) is 45.3 Å². The average molecular weight is 926 g/mol. The Morgan fingerprint density at radius 3 is 1.22 bits per heavy atom. The van der Waals surface area contributed by atoms with Crippen LogP contribution in [-0.2, 0) is 28.8 Å². The van der Waals surface area contributed by atoms with Crippen molar-refractivity contribution >= 4 is 59.3 Å². The smallest absolute Gasteiger partial charge is 0.242 e. The van der Waals surface area contributed by atoms with Crippen LogP contribution in [0.25, 0.3) is 0 Å². The van der Waals surface area contributed by atoms with Crippen LogP contribution in [0.15, 0.2) is 20.0 Å². The number of hydrogen-bond donors (Lipinski definition) is 13. The summed E-state index contributed by atoms with van der Waals surface area (Å²) in [4.78, 5) is 102. The van der Waals surface area contributed by atoms with E-state index in [9.17, 15) is 28.8 Å². The van der Waals surface area contributed by atoms with Gasteiger partial charge in [0.05, 0.1) is 32.7 Å². The number of amides is 6. The monoisotopic (exact) mass is 926 g/mol. The van der Waals surface area contributed by atoms with Crippen LogP contribution in [0.5, 0.6) is 0 Å². The van der Waals surface area contributed by atoms with Gasteiger partial charge in [-0.25, -0.2) is 0 Å². The molecule has 65 heavy (non-hydrogen) atoms. The number of hydrogen-bond acceptors (Lipinski definition) is 13. The van der Waals surface area contributed by atoms with Crippen LogP contribution in [0.1, 0.15) is 70.6 Å². The number of aliphatic imine (C=N–C) groups is 4. The molecule has 27 nitrogen and oxygen atoms in total. The minimum absolute atomic E-state index is 0.00874. The van der Waals surface area contributed by atoms with E-state index in [-0.39, 0.29) is 114 Å². The van der Waals surface area contributed by atoms with E-state index in [0.717, 1.165) is 25.7 Å². The zero-order valence-electron chi connectivity index (χ0n) is 38.0. The minimum atomic E-state index is -1.09. The standard InChI is InChI=1S/C38H79N21O6/c39-12-3-1-2-5-14-50-23-30(61)57(21-9-17-53-37(46)47)25-32(63)59(22-10-18-54-38(48)49)27-33(64)58(19-6-4-13-40)26-31(62)56(20-8-16-52-36(44)45)24-29(60)55-28(34(41)65)11-7-15-51-35(42)43/h28,50H,1-27,39-40H2,(H2,41,65)(H,55,60)(H4,42,43,51)(H4,44,45,52)(H4,46,47,53)(H4,48,49,54)/t28-/m1/s1. The molecule has 0 heterocycles. The van der Waals surface area contributed by atoms with E-state index in [1.165, 1.54) is 19.6 Å². The van der Waals surface area contributed by atoms with Crippen molar-refractivity contribution in [2.24, 2.45) is 83.0 Å². The Labute approximate surface area is 382 Å². The first-order chi connectivity index (χ1) is 30.9. The number of carbonyl (C=O) groups excluding carboxylic acids is 6. The van der Waals surface area contributed by atoms with Gasteiger partial charge < -0.3 is 93.3 Å². The molecule has 27 heteroatoms. The number of carbonyl (C=O) groups is 6. The van der Waals surface area contributed by atoms with Crippen molar-refractivity contribution in [2.75, 3.05) is 105 Å². The molecule has 0 aliphatic carbocycles. The van der Waals surface area contributed by atoms with Crippen molar-refractivity contribution in [3.8, 4) is 0 Å². The lowest BCUT2D eigenvalue weighted by molar-refractivity contribution is -0.146. The van der Waals surface area contributed by atoms with Gasteiger partial charge in [0.1, 0.15) is 6.04 Å². The van der Waals surface area contributed by atoms with Crippen LogP contribution in [0.2, 0.25) is 0 Å². The summed E-state index contributed by atoms with van der Waals surface area (Å²) in [5.74, 6) is -4.17. The Morgan fingerprint density at radius 1 is 0.431 bits per heavy atom. The molecule has 0 spiro atoms. The molecule has 24 N–H and O–H groups in total. The molecule has 0 aromatic carbocycles. The van der Waals surface area contributed by atoms with Crippen LogP contribution in [-0.4, -0.2) is 190 Å². The Bertz CT molecular complexity index is 1550. The first-order valence-corrected chi connectivity index (χ1v) is 21.9. The fraction of sp³-hybridized carbons (Fsp3) is 0.737. The molecule has 0 fully saturated rings. The van der Waals surface area contributed by atoms with Crippen molar-refractivity contribution in [3.63, 3.8) is 0 Å². The largest absolute Gasteiger partial charge is 0.370 e. The van der Waals surface area contributed by atoms with Crippen molar-refractivity contribution < 1.29 is 28.8 Å². The molecule has 0 saturated heterocycles. The number of nitrogens with two attached hydrogens (primary N) is 11. The highest BCUT2D eigenvalue weighted by atomic mass is 16.2. The Morgan fingerprint density at radius 2 is 0.800 bits per heavy atom. The molecule has 0 saturated carbocycles. The normalized spacial score (nSPS) is 11.0. The van der Waals surface area contributed by atoms with Crippen LogP contribution in [0.4, 0.5) is 0 Å². The number of primary amides is 1. The Kier molecular flexibility index (Phi) is 32.7. The number of unbranched alkanes of at least 4 members (excludes halogenated alkanes) is 4. The predicted octanol–water partition coefficient (Wildman–Crippen LogP) is -6.84. The van der Waals surface area contributed by atoms with Gasteiger partial charge in [-0.15, -0.1) is 0 Å². The van der Waals surface area contributed by atoms with Crippen LogP contribution < -0.4 is 73.7 Å². The summed E-state index contributed by atoms with van der Waals surface area (Å²) in [6, 6.07) is -1.09. The molecule has 0 bridgehead atoms. The quantitative estimate of drug-likeness (QED) is 0.0155. The number of nitrogens with one attached hydrogen (secondary N) is 2. The maximum Gasteiger partial charge on any atom is 0.242 e. The molecule has 0 aromatic heterocycles. The lowest BCUT2D eigenvalue weighted by atomic mass is 10.1. The van der Waals surface area contributed by atoms with Crippen molar-refractivity contribution in [3.05, 3.63) is 0 Å². The number of nitrogens with zero attached hydrogens (tertiary/aromatic N) is 8. The Balaban J connectivity index is 6.45. The van der Waals surface area contributed by atoms with E-state index >= 15 is 0 Å². The number of rotatable bonds is 38. The van der Waals surface area contributed by atoms with E-state index in [4.69, 9.17) is 63.1 Å². The van der Waals surface area contributed by atoms with Gasteiger partial charge in [-0.1, -0.05) is 12.8 Å². The second kappa shape index (κ2) is 36.2. The second-order valence-electron chi connectivity index (χ2n) is 15.1. The third-order valence-corrected chi connectivity index (χ3v) is 9.46. The lowest BCUT2D eigenvalue weighted by Gasteiger charge is -2.31. The zero-order chi connectivity index (χ0) is 49.0. The van der Waals surface area contributed by atoms with Crippen LogP contribution in [0.3, 0.4) is 0 Å². The zero-order valence-corrected chi connectivity index (χ0v) is 38.0. The maximum absolute atomic E-state index is 14.2. The highest BCUT2D eigenvalue weighted by Crippen LogP contribution is 2.07. The molecular formula is C38H79N21O6. The lowest BCUT2D eigenvalue weighted by Crippen LogP contribution is -2.52. The van der Waals surface area contributed by atoms with E-state index in [1.54, 1.807) is 0 Å².